The molecule has 0 bridgehead atoms. The lowest BCUT2D eigenvalue weighted by Gasteiger charge is -2.08. The average Bonchev–Trinajstić information content (AvgIpc) is 2.01. The van der Waals surface area contributed by atoms with E-state index in [1.807, 2.05) is 0 Å². The molecule has 0 aliphatic heterocycles. The number of primary amides is 1. The average molecular weight is 218 g/mol. The first-order valence-electron chi connectivity index (χ1n) is 3.76. The van der Waals surface area contributed by atoms with Crippen LogP contribution in [0.4, 0.5) is 0 Å². The molecule has 70 valence electrons. The number of hydrogen-bond acceptors (Lipinski definition) is 1. The molecule has 4 heteroatoms. The summed E-state index contributed by atoms with van der Waals surface area (Å²) >= 11 is 11.5. The summed E-state index contributed by atoms with van der Waals surface area (Å²) in [6.07, 6.45) is 0. The quantitative estimate of drug-likeness (QED) is 0.814. The van der Waals surface area contributed by atoms with Gasteiger partial charge in [-0.2, -0.15) is 0 Å². The lowest BCUT2D eigenvalue weighted by Crippen LogP contribution is -2.18. The molecule has 1 aromatic carbocycles. The van der Waals surface area contributed by atoms with Crippen molar-refractivity contribution in [2.45, 2.75) is 12.8 Å². The molecule has 2 N–H and O–H groups in total. The minimum absolute atomic E-state index is 0.365. The molecule has 1 amide bonds. The van der Waals surface area contributed by atoms with E-state index in [4.69, 9.17) is 28.9 Å². The van der Waals surface area contributed by atoms with E-state index in [2.05, 4.69) is 0 Å². The molecule has 0 fully saturated rings. The number of rotatable bonds is 2. The Morgan fingerprint density at radius 3 is 2.15 bits per heavy atom. The number of carbonyl (C=O) groups is 1. The third-order valence-corrected chi connectivity index (χ3v) is 2.25. The molecule has 0 spiro atoms. The standard InChI is InChI=1S/C9H9Cl2NO/c1-5(9(12)13)6-2-7(10)4-8(11)3-6/h2-5H,1H3,(H2,12,13). The topological polar surface area (TPSA) is 43.1 Å². The normalized spacial score (nSPS) is 12.5. The summed E-state index contributed by atoms with van der Waals surface area (Å²) in [6.45, 7) is 1.71. The molecule has 1 aromatic rings. The summed E-state index contributed by atoms with van der Waals surface area (Å²) in [6, 6.07) is 4.98. The van der Waals surface area contributed by atoms with Gasteiger partial charge in [-0.1, -0.05) is 23.2 Å². The van der Waals surface area contributed by atoms with Gasteiger partial charge < -0.3 is 5.73 Å². The van der Waals surface area contributed by atoms with Gasteiger partial charge in [-0.25, -0.2) is 0 Å². The predicted octanol–water partition coefficient (Wildman–Crippen LogP) is 2.58. The molecule has 0 aromatic heterocycles. The van der Waals surface area contributed by atoms with Crippen LogP contribution in [0.5, 0.6) is 0 Å². The number of halogens is 2. The van der Waals surface area contributed by atoms with Crippen molar-refractivity contribution in [1.29, 1.82) is 0 Å². The summed E-state index contributed by atoms with van der Waals surface area (Å²) in [5.41, 5.74) is 5.88. The van der Waals surface area contributed by atoms with Crippen molar-refractivity contribution in [3.63, 3.8) is 0 Å². The van der Waals surface area contributed by atoms with Crippen LogP contribution in [0.3, 0.4) is 0 Å². The van der Waals surface area contributed by atoms with Gasteiger partial charge in [0, 0.05) is 10.0 Å². The molecule has 2 nitrogen and oxygen atoms in total. The van der Waals surface area contributed by atoms with Crippen LogP contribution in [0, 0.1) is 0 Å². The number of nitrogens with two attached hydrogens (primary N) is 1. The molecule has 0 saturated carbocycles. The summed E-state index contributed by atoms with van der Waals surface area (Å²) in [7, 11) is 0. The van der Waals surface area contributed by atoms with Crippen LogP contribution in [-0.2, 0) is 4.79 Å². The molecule has 1 atom stereocenters. The Balaban J connectivity index is 3.07. The van der Waals surface area contributed by atoms with Crippen LogP contribution in [0.2, 0.25) is 10.0 Å². The third kappa shape index (κ3) is 2.61. The van der Waals surface area contributed by atoms with Gasteiger partial charge in [0.2, 0.25) is 5.91 Å². The van der Waals surface area contributed by atoms with Gasteiger partial charge in [0.05, 0.1) is 5.92 Å². The maximum atomic E-state index is 10.9. The van der Waals surface area contributed by atoms with Crippen molar-refractivity contribution in [1.82, 2.24) is 0 Å². The van der Waals surface area contributed by atoms with E-state index in [0.29, 0.717) is 10.0 Å². The van der Waals surface area contributed by atoms with Crippen LogP contribution >= 0.6 is 23.2 Å². The molecular formula is C9H9Cl2NO. The van der Waals surface area contributed by atoms with E-state index in [0.717, 1.165) is 5.56 Å². The molecular weight excluding hydrogens is 209 g/mol. The van der Waals surface area contributed by atoms with E-state index < -0.39 is 5.91 Å². The minimum atomic E-state index is -0.390. The van der Waals surface area contributed by atoms with Crippen LogP contribution in [0.1, 0.15) is 18.4 Å². The maximum absolute atomic E-state index is 10.9. The highest BCUT2D eigenvalue weighted by atomic mass is 35.5. The van der Waals surface area contributed by atoms with E-state index >= 15 is 0 Å². The van der Waals surface area contributed by atoms with E-state index in [9.17, 15) is 4.79 Å². The number of benzene rings is 1. The highest BCUT2D eigenvalue weighted by Crippen LogP contribution is 2.24. The van der Waals surface area contributed by atoms with Crippen molar-refractivity contribution < 1.29 is 4.79 Å². The zero-order chi connectivity index (χ0) is 10.0. The fourth-order valence-corrected chi connectivity index (χ4v) is 1.53. The molecule has 0 heterocycles. The second-order valence-electron chi connectivity index (χ2n) is 2.83. The summed E-state index contributed by atoms with van der Waals surface area (Å²) in [4.78, 5) is 10.9. The zero-order valence-corrected chi connectivity index (χ0v) is 8.56. The molecule has 0 saturated heterocycles. The number of carbonyl (C=O) groups excluding carboxylic acids is 1. The van der Waals surface area contributed by atoms with Gasteiger partial charge in [0.15, 0.2) is 0 Å². The van der Waals surface area contributed by atoms with Crippen LogP contribution < -0.4 is 5.73 Å². The SMILES string of the molecule is CC(C(N)=O)c1cc(Cl)cc(Cl)c1. The Morgan fingerprint density at radius 1 is 1.31 bits per heavy atom. The second-order valence-corrected chi connectivity index (χ2v) is 3.70. The molecule has 1 rings (SSSR count). The fourth-order valence-electron chi connectivity index (χ4n) is 0.989. The smallest absolute Gasteiger partial charge is 0.224 e. The van der Waals surface area contributed by atoms with E-state index in [1.165, 1.54) is 0 Å². The molecule has 0 aliphatic rings. The Hall–Kier alpha value is -0.730. The largest absolute Gasteiger partial charge is 0.369 e. The monoisotopic (exact) mass is 217 g/mol. The maximum Gasteiger partial charge on any atom is 0.224 e. The highest BCUT2D eigenvalue weighted by molar-refractivity contribution is 6.34. The Kier molecular flexibility index (Phi) is 3.17. The second kappa shape index (κ2) is 3.99. The van der Waals surface area contributed by atoms with Crippen molar-refractivity contribution >= 4 is 29.1 Å². The van der Waals surface area contributed by atoms with Gasteiger partial charge in [0.1, 0.15) is 0 Å². The number of hydrogen-bond donors (Lipinski definition) is 1. The van der Waals surface area contributed by atoms with Crippen LogP contribution in [0.25, 0.3) is 0 Å². The van der Waals surface area contributed by atoms with E-state index in [-0.39, 0.29) is 5.92 Å². The summed E-state index contributed by atoms with van der Waals surface area (Å²) in [5.74, 6) is -0.755. The van der Waals surface area contributed by atoms with Crippen LogP contribution in [-0.4, -0.2) is 5.91 Å². The highest BCUT2D eigenvalue weighted by Gasteiger charge is 2.12. The van der Waals surface area contributed by atoms with Gasteiger partial charge in [-0.3, -0.25) is 4.79 Å². The first-order chi connectivity index (χ1) is 6.00. The van der Waals surface area contributed by atoms with Gasteiger partial charge in [-0.15, -0.1) is 0 Å². The van der Waals surface area contributed by atoms with E-state index in [1.54, 1.807) is 25.1 Å². The first-order valence-corrected chi connectivity index (χ1v) is 4.51. The lowest BCUT2D eigenvalue weighted by atomic mass is 10.0. The van der Waals surface area contributed by atoms with Gasteiger partial charge in [-0.05, 0) is 30.7 Å². The molecule has 0 radical (unpaired) electrons. The van der Waals surface area contributed by atoms with Crippen molar-refractivity contribution in [3.05, 3.63) is 33.8 Å². The van der Waals surface area contributed by atoms with Gasteiger partial charge in [0.25, 0.3) is 0 Å². The van der Waals surface area contributed by atoms with Gasteiger partial charge >= 0.3 is 0 Å². The summed E-state index contributed by atoms with van der Waals surface area (Å²) in [5, 5.41) is 1.02. The van der Waals surface area contributed by atoms with Crippen molar-refractivity contribution in [2.75, 3.05) is 0 Å². The molecule has 0 aliphatic carbocycles. The molecule has 13 heavy (non-hydrogen) atoms. The number of amides is 1. The Labute approximate surface area is 86.6 Å². The van der Waals surface area contributed by atoms with Crippen molar-refractivity contribution in [2.24, 2.45) is 5.73 Å². The zero-order valence-electron chi connectivity index (χ0n) is 7.05. The third-order valence-electron chi connectivity index (χ3n) is 1.81. The van der Waals surface area contributed by atoms with Crippen LogP contribution in [0.15, 0.2) is 18.2 Å². The predicted molar refractivity (Wildman–Crippen MR) is 54.1 cm³/mol. The van der Waals surface area contributed by atoms with Crippen molar-refractivity contribution in [3.8, 4) is 0 Å². The Bertz CT molecular complexity index is 318. The molecule has 1 unspecified atom stereocenters. The minimum Gasteiger partial charge on any atom is -0.369 e. The Morgan fingerprint density at radius 2 is 1.77 bits per heavy atom. The first kappa shape index (κ1) is 10.4. The summed E-state index contributed by atoms with van der Waals surface area (Å²) < 4.78 is 0. The lowest BCUT2D eigenvalue weighted by molar-refractivity contribution is -0.119. The fraction of sp³-hybridized carbons (Fsp3) is 0.222.